The second kappa shape index (κ2) is 5.07. The first-order valence-corrected chi connectivity index (χ1v) is 5.49. The molecule has 86 valence electrons. The van der Waals surface area contributed by atoms with Crippen LogP contribution in [0.3, 0.4) is 0 Å². The van der Waals surface area contributed by atoms with E-state index in [0.717, 1.165) is 11.1 Å². The van der Waals surface area contributed by atoms with Crippen LogP contribution in [-0.2, 0) is 0 Å². The molecular weight excluding hydrogens is 220 g/mol. The number of carbonyl (C=O) groups is 1. The van der Waals surface area contributed by atoms with E-state index in [2.05, 4.69) is 5.32 Å². The van der Waals surface area contributed by atoms with Crippen molar-refractivity contribution in [3.63, 3.8) is 0 Å². The molecule has 0 aliphatic heterocycles. The molecule has 0 heterocycles. The van der Waals surface area contributed by atoms with Crippen molar-refractivity contribution < 1.29 is 4.79 Å². The molecule has 0 saturated heterocycles. The smallest absolute Gasteiger partial charge is 0.251 e. The molecule has 0 radical (unpaired) electrons. The van der Waals surface area contributed by atoms with E-state index in [4.69, 9.17) is 18.0 Å². The summed E-state index contributed by atoms with van der Waals surface area (Å²) in [6.45, 7) is 5.68. The van der Waals surface area contributed by atoms with Gasteiger partial charge in [0.2, 0.25) is 0 Å². The van der Waals surface area contributed by atoms with Crippen LogP contribution in [0.2, 0.25) is 0 Å². The van der Waals surface area contributed by atoms with Gasteiger partial charge in [-0.05, 0) is 32.9 Å². The monoisotopic (exact) mass is 236 g/mol. The fourth-order valence-corrected chi connectivity index (χ4v) is 1.52. The van der Waals surface area contributed by atoms with Crippen LogP contribution in [0.25, 0.3) is 0 Å². The van der Waals surface area contributed by atoms with E-state index < -0.39 is 0 Å². The minimum Gasteiger partial charge on any atom is -0.392 e. The summed E-state index contributed by atoms with van der Waals surface area (Å²) in [6, 6.07) is 5.42. The minimum atomic E-state index is -0.289. The number of amides is 1. The Kier molecular flexibility index (Phi) is 4.01. The molecule has 1 aromatic rings. The van der Waals surface area contributed by atoms with E-state index in [-0.39, 0.29) is 16.9 Å². The van der Waals surface area contributed by atoms with Gasteiger partial charge in [-0.15, -0.1) is 0 Å². The summed E-state index contributed by atoms with van der Waals surface area (Å²) in [5, 5.41) is 2.74. The van der Waals surface area contributed by atoms with Crippen LogP contribution in [0.5, 0.6) is 0 Å². The van der Waals surface area contributed by atoms with Gasteiger partial charge >= 0.3 is 0 Å². The summed E-state index contributed by atoms with van der Waals surface area (Å²) < 4.78 is 0. The number of hydrogen-bond acceptors (Lipinski definition) is 2. The molecule has 0 spiro atoms. The molecule has 0 aliphatic carbocycles. The van der Waals surface area contributed by atoms with Gasteiger partial charge in [-0.2, -0.15) is 0 Å². The molecule has 1 unspecified atom stereocenters. The number of aryl methyl sites for hydroxylation is 2. The number of thiocarbonyl (C=S) groups is 1. The Morgan fingerprint density at radius 3 is 2.25 bits per heavy atom. The van der Waals surface area contributed by atoms with Crippen molar-refractivity contribution in [1.82, 2.24) is 5.32 Å². The largest absolute Gasteiger partial charge is 0.392 e. The second-order valence-corrected chi connectivity index (χ2v) is 4.45. The van der Waals surface area contributed by atoms with E-state index in [1.807, 2.05) is 32.0 Å². The van der Waals surface area contributed by atoms with Crippen LogP contribution in [-0.4, -0.2) is 16.9 Å². The fourth-order valence-electron chi connectivity index (χ4n) is 1.46. The Morgan fingerprint density at radius 1 is 1.31 bits per heavy atom. The normalized spacial score (nSPS) is 11.9. The van der Waals surface area contributed by atoms with Crippen LogP contribution < -0.4 is 11.1 Å². The molecule has 0 bridgehead atoms. The lowest BCUT2D eigenvalue weighted by Crippen LogP contribution is -2.41. The van der Waals surface area contributed by atoms with Gasteiger partial charge < -0.3 is 11.1 Å². The lowest BCUT2D eigenvalue weighted by molar-refractivity contribution is 0.0949. The third kappa shape index (κ3) is 3.31. The van der Waals surface area contributed by atoms with Crippen molar-refractivity contribution in [2.45, 2.75) is 26.8 Å². The molecule has 0 aliphatic rings. The van der Waals surface area contributed by atoms with E-state index >= 15 is 0 Å². The molecule has 0 fully saturated rings. The zero-order chi connectivity index (χ0) is 12.3. The van der Waals surface area contributed by atoms with Crippen molar-refractivity contribution in [3.8, 4) is 0 Å². The van der Waals surface area contributed by atoms with Gasteiger partial charge in [0.1, 0.15) is 0 Å². The molecule has 0 aromatic heterocycles. The SMILES string of the molecule is Cc1cc(C)cc(C(=O)NC(C)C(N)=S)c1. The van der Waals surface area contributed by atoms with Crippen LogP contribution in [0, 0.1) is 13.8 Å². The summed E-state index contributed by atoms with van der Waals surface area (Å²) in [5.74, 6) is -0.146. The molecule has 0 saturated carbocycles. The van der Waals surface area contributed by atoms with Gasteiger partial charge in [-0.25, -0.2) is 0 Å². The van der Waals surface area contributed by atoms with Crippen LogP contribution in [0.4, 0.5) is 0 Å². The Balaban J connectivity index is 2.84. The van der Waals surface area contributed by atoms with Crippen LogP contribution in [0.1, 0.15) is 28.4 Å². The molecule has 3 N–H and O–H groups in total. The highest BCUT2D eigenvalue weighted by atomic mass is 32.1. The predicted octanol–water partition coefficient (Wildman–Crippen LogP) is 1.71. The van der Waals surface area contributed by atoms with Gasteiger partial charge in [0, 0.05) is 5.56 Å². The van der Waals surface area contributed by atoms with Gasteiger partial charge in [-0.3, -0.25) is 4.79 Å². The minimum absolute atomic E-state index is 0.146. The van der Waals surface area contributed by atoms with Crippen LogP contribution >= 0.6 is 12.2 Å². The highest BCUT2D eigenvalue weighted by Gasteiger charge is 2.11. The summed E-state index contributed by atoms with van der Waals surface area (Å²) in [5.41, 5.74) is 8.20. The highest BCUT2D eigenvalue weighted by Crippen LogP contribution is 2.08. The second-order valence-electron chi connectivity index (χ2n) is 3.97. The number of rotatable bonds is 3. The maximum atomic E-state index is 11.8. The highest BCUT2D eigenvalue weighted by molar-refractivity contribution is 7.80. The van der Waals surface area contributed by atoms with Gasteiger partial charge in [0.05, 0.1) is 11.0 Å². The van der Waals surface area contributed by atoms with Crippen molar-refractivity contribution in [3.05, 3.63) is 34.9 Å². The van der Waals surface area contributed by atoms with Crippen molar-refractivity contribution in [1.29, 1.82) is 0 Å². The molecule has 1 atom stereocenters. The fraction of sp³-hybridized carbons (Fsp3) is 0.333. The molecule has 1 amide bonds. The molecule has 16 heavy (non-hydrogen) atoms. The molecular formula is C12H16N2OS. The van der Waals surface area contributed by atoms with Gasteiger partial charge in [0.25, 0.3) is 5.91 Å². The Labute approximate surface area is 101 Å². The Morgan fingerprint density at radius 2 is 1.81 bits per heavy atom. The third-order valence-electron chi connectivity index (χ3n) is 2.26. The quantitative estimate of drug-likeness (QED) is 0.786. The van der Waals surface area contributed by atoms with E-state index in [9.17, 15) is 4.79 Å². The number of carbonyl (C=O) groups excluding carboxylic acids is 1. The first kappa shape index (κ1) is 12.6. The summed E-state index contributed by atoms with van der Waals surface area (Å²) in [7, 11) is 0. The topological polar surface area (TPSA) is 55.1 Å². The summed E-state index contributed by atoms with van der Waals surface area (Å²) >= 11 is 4.80. The van der Waals surface area contributed by atoms with Gasteiger partial charge in [0.15, 0.2) is 0 Å². The maximum absolute atomic E-state index is 11.8. The van der Waals surface area contributed by atoms with Crippen molar-refractivity contribution in [2.75, 3.05) is 0 Å². The van der Waals surface area contributed by atoms with Gasteiger partial charge in [-0.1, -0.05) is 29.4 Å². The maximum Gasteiger partial charge on any atom is 0.251 e. The lowest BCUT2D eigenvalue weighted by Gasteiger charge is -2.12. The van der Waals surface area contributed by atoms with Crippen molar-refractivity contribution >= 4 is 23.1 Å². The van der Waals surface area contributed by atoms with E-state index in [1.54, 1.807) is 6.92 Å². The Hall–Kier alpha value is -1.42. The molecule has 1 aromatic carbocycles. The standard InChI is InChI=1S/C12H16N2OS/c1-7-4-8(2)6-10(5-7)12(15)14-9(3)11(13)16/h4-6,9H,1-3H3,(H2,13,16)(H,14,15). The van der Waals surface area contributed by atoms with E-state index in [1.165, 1.54) is 0 Å². The lowest BCUT2D eigenvalue weighted by atomic mass is 10.1. The number of nitrogens with one attached hydrogen (secondary N) is 1. The average molecular weight is 236 g/mol. The third-order valence-corrected chi connectivity index (χ3v) is 2.61. The number of hydrogen-bond donors (Lipinski definition) is 2. The first-order valence-electron chi connectivity index (χ1n) is 5.08. The molecule has 4 heteroatoms. The Bertz CT molecular complexity index is 409. The zero-order valence-corrected chi connectivity index (χ0v) is 10.5. The number of benzene rings is 1. The van der Waals surface area contributed by atoms with Crippen molar-refractivity contribution in [2.24, 2.45) is 5.73 Å². The van der Waals surface area contributed by atoms with E-state index in [0.29, 0.717) is 5.56 Å². The predicted molar refractivity (Wildman–Crippen MR) is 69.6 cm³/mol. The molecule has 3 nitrogen and oxygen atoms in total. The van der Waals surface area contributed by atoms with Crippen LogP contribution in [0.15, 0.2) is 18.2 Å². The zero-order valence-electron chi connectivity index (χ0n) is 9.70. The summed E-state index contributed by atoms with van der Waals surface area (Å²) in [4.78, 5) is 12.1. The first-order chi connectivity index (χ1) is 7.40. The summed E-state index contributed by atoms with van der Waals surface area (Å²) in [6.07, 6.45) is 0. The average Bonchev–Trinajstić information content (AvgIpc) is 2.15. The molecule has 1 rings (SSSR count). The number of nitrogens with two attached hydrogens (primary N) is 1.